The van der Waals surface area contributed by atoms with Gasteiger partial charge in [-0.05, 0) is 43.0 Å². The first kappa shape index (κ1) is 24.3. The molecule has 2 atom stereocenters. The highest BCUT2D eigenvalue weighted by atomic mass is 35.5. The van der Waals surface area contributed by atoms with Gasteiger partial charge in [0, 0.05) is 23.4 Å². The second kappa shape index (κ2) is 12.7. The van der Waals surface area contributed by atoms with Crippen LogP contribution in [0.25, 0.3) is 0 Å². The largest absolute Gasteiger partial charge is 0.352 e. The zero-order chi connectivity index (χ0) is 21.9. The van der Waals surface area contributed by atoms with Gasteiger partial charge >= 0.3 is 0 Å². The van der Waals surface area contributed by atoms with Gasteiger partial charge in [0.2, 0.25) is 11.8 Å². The monoisotopic (exact) mass is 446 g/mol. The molecule has 0 aliphatic carbocycles. The maximum absolute atomic E-state index is 13.2. The third-order valence-electron chi connectivity index (χ3n) is 4.99. The molecular formula is C24H31ClN2O2S. The molecule has 0 radical (unpaired) electrons. The summed E-state index contributed by atoms with van der Waals surface area (Å²) in [6.45, 7) is 6.34. The van der Waals surface area contributed by atoms with E-state index in [0.717, 1.165) is 17.7 Å². The summed E-state index contributed by atoms with van der Waals surface area (Å²) in [5.74, 6) is 0.964. The van der Waals surface area contributed by atoms with Crippen molar-refractivity contribution in [1.29, 1.82) is 0 Å². The second-order valence-electron chi connectivity index (χ2n) is 7.37. The Labute approximate surface area is 189 Å². The summed E-state index contributed by atoms with van der Waals surface area (Å²) in [7, 11) is 0. The Hall–Kier alpha value is -1.98. The van der Waals surface area contributed by atoms with Crippen molar-refractivity contribution in [2.24, 2.45) is 0 Å². The van der Waals surface area contributed by atoms with Crippen LogP contribution in [-0.4, -0.2) is 34.6 Å². The highest BCUT2D eigenvalue weighted by Gasteiger charge is 2.29. The molecule has 0 aliphatic heterocycles. The van der Waals surface area contributed by atoms with Crippen molar-refractivity contribution < 1.29 is 9.59 Å². The van der Waals surface area contributed by atoms with Crippen LogP contribution < -0.4 is 5.32 Å². The van der Waals surface area contributed by atoms with Gasteiger partial charge in [-0.2, -0.15) is 0 Å². The summed E-state index contributed by atoms with van der Waals surface area (Å²) in [6, 6.07) is 17.1. The van der Waals surface area contributed by atoms with Crippen molar-refractivity contribution in [3.8, 4) is 0 Å². The lowest BCUT2D eigenvalue weighted by Gasteiger charge is -2.31. The van der Waals surface area contributed by atoms with Gasteiger partial charge in [-0.25, -0.2) is 0 Å². The fraction of sp³-hybridized carbons (Fsp3) is 0.417. The Morgan fingerprint density at radius 2 is 1.67 bits per heavy atom. The van der Waals surface area contributed by atoms with Gasteiger partial charge in [-0.3, -0.25) is 9.59 Å². The van der Waals surface area contributed by atoms with E-state index in [4.69, 9.17) is 11.6 Å². The van der Waals surface area contributed by atoms with E-state index in [2.05, 4.69) is 17.4 Å². The zero-order valence-corrected chi connectivity index (χ0v) is 19.5. The lowest BCUT2D eigenvalue weighted by Crippen LogP contribution is -2.51. The summed E-state index contributed by atoms with van der Waals surface area (Å²) in [5.41, 5.74) is 2.14. The van der Waals surface area contributed by atoms with E-state index in [1.54, 1.807) is 16.7 Å². The molecule has 2 aromatic rings. The van der Waals surface area contributed by atoms with Gasteiger partial charge in [0.15, 0.2) is 0 Å². The van der Waals surface area contributed by atoms with E-state index in [0.29, 0.717) is 23.7 Å². The first-order valence-electron chi connectivity index (χ1n) is 10.4. The number of hydrogen-bond acceptors (Lipinski definition) is 3. The standard InChI is InChI=1S/C24H31ClN2O2S/c1-4-18(3)26-24(29)22(5-2)27(15-19-11-13-21(25)14-12-19)23(28)17-30-16-20-9-7-6-8-10-20/h6-14,18,22H,4-5,15-17H2,1-3H3,(H,26,29)/t18-,22-/m1/s1. The van der Waals surface area contributed by atoms with Crippen LogP contribution in [0.4, 0.5) is 0 Å². The number of carbonyl (C=O) groups is 2. The minimum atomic E-state index is -0.500. The van der Waals surface area contributed by atoms with Crippen LogP contribution in [0, 0.1) is 0 Å². The van der Waals surface area contributed by atoms with Crippen molar-refractivity contribution in [3.05, 3.63) is 70.7 Å². The zero-order valence-electron chi connectivity index (χ0n) is 17.9. The summed E-state index contributed by atoms with van der Waals surface area (Å²) in [5, 5.41) is 3.68. The Morgan fingerprint density at radius 3 is 2.27 bits per heavy atom. The topological polar surface area (TPSA) is 49.4 Å². The second-order valence-corrected chi connectivity index (χ2v) is 8.79. The van der Waals surface area contributed by atoms with E-state index in [1.165, 1.54) is 5.56 Å². The van der Waals surface area contributed by atoms with Crippen LogP contribution in [0.15, 0.2) is 54.6 Å². The van der Waals surface area contributed by atoms with E-state index < -0.39 is 6.04 Å². The Kier molecular flexibility index (Phi) is 10.2. The molecule has 30 heavy (non-hydrogen) atoms. The van der Waals surface area contributed by atoms with E-state index in [9.17, 15) is 9.59 Å². The fourth-order valence-corrected chi connectivity index (χ4v) is 4.06. The molecule has 0 unspecified atom stereocenters. The molecule has 0 bridgehead atoms. The third kappa shape index (κ3) is 7.69. The van der Waals surface area contributed by atoms with Gasteiger partial charge in [-0.1, -0.05) is 67.9 Å². The van der Waals surface area contributed by atoms with Crippen molar-refractivity contribution in [3.63, 3.8) is 0 Å². The molecule has 0 heterocycles. The minimum absolute atomic E-state index is 0.0305. The van der Waals surface area contributed by atoms with Gasteiger partial charge < -0.3 is 10.2 Å². The molecule has 1 N–H and O–H groups in total. The first-order chi connectivity index (χ1) is 14.4. The molecule has 2 rings (SSSR count). The first-order valence-corrected chi connectivity index (χ1v) is 11.9. The van der Waals surface area contributed by atoms with Crippen molar-refractivity contribution >= 4 is 35.2 Å². The van der Waals surface area contributed by atoms with Crippen LogP contribution >= 0.6 is 23.4 Å². The highest BCUT2D eigenvalue weighted by Crippen LogP contribution is 2.18. The Morgan fingerprint density at radius 1 is 1.00 bits per heavy atom. The van der Waals surface area contributed by atoms with Crippen LogP contribution in [-0.2, 0) is 21.9 Å². The number of thioether (sulfide) groups is 1. The molecular weight excluding hydrogens is 416 g/mol. The molecule has 2 amide bonds. The Balaban J connectivity index is 2.12. The Bertz CT molecular complexity index is 799. The third-order valence-corrected chi connectivity index (χ3v) is 6.23. The van der Waals surface area contributed by atoms with Crippen molar-refractivity contribution in [2.75, 3.05) is 5.75 Å². The van der Waals surface area contributed by atoms with Gasteiger partial charge in [-0.15, -0.1) is 11.8 Å². The molecule has 0 aliphatic rings. The number of hydrogen-bond donors (Lipinski definition) is 1. The molecule has 2 aromatic carbocycles. The summed E-state index contributed by atoms with van der Waals surface area (Å²) in [4.78, 5) is 27.8. The van der Waals surface area contributed by atoms with Gasteiger partial charge in [0.25, 0.3) is 0 Å². The SMILES string of the molecule is CC[C@@H](C)NC(=O)[C@@H](CC)N(Cc1ccc(Cl)cc1)C(=O)CSCc1ccccc1. The maximum Gasteiger partial charge on any atom is 0.243 e. The number of halogens is 1. The summed E-state index contributed by atoms with van der Waals surface area (Å²) in [6.07, 6.45) is 1.41. The molecule has 0 fully saturated rings. The highest BCUT2D eigenvalue weighted by molar-refractivity contribution is 7.99. The molecule has 0 aromatic heterocycles. The maximum atomic E-state index is 13.2. The average molecular weight is 447 g/mol. The lowest BCUT2D eigenvalue weighted by atomic mass is 10.1. The van der Waals surface area contributed by atoms with Crippen LogP contribution in [0.1, 0.15) is 44.7 Å². The smallest absolute Gasteiger partial charge is 0.243 e. The fourth-order valence-electron chi connectivity index (χ4n) is 3.06. The minimum Gasteiger partial charge on any atom is -0.352 e. The number of nitrogens with one attached hydrogen (secondary N) is 1. The van der Waals surface area contributed by atoms with Crippen molar-refractivity contribution in [1.82, 2.24) is 10.2 Å². The van der Waals surface area contributed by atoms with Crippen LogP contribution in [0.5, 0.6) is 0 Å². The molecule has 162 valence electrons. The molecule has 0 saturated heterocycles. The number of carbonyl (C=O) groups excluding carboxylic acids is 2. The van der Waals surface area contributed by atoms with E-state index in [1.807, 2.05) is 63.2 Å². The molecule has 6 heteroatoms. The lowest BCUT2D eigenvalue weighted by molar-refractivity contribution is -0.139. The normalized spacial score (nSPS) is 12.8. The van der Waals surface area contributed by atoms with Crippen LogP contribution in [0.3, 0.4) is 0 Å². The predicted molar refractivity (Wildman–Crippen MR) is 127 cm³/mol. The van der Waals surface area contributed by atoms with Gasteiger partial charge in [0.05, 0.1) is 5.75 Å². The number of amides is 2. The summed E-state index contributed by atoms with van der Waals surface area (Å²) >= 11 is 7.57. The van der Waals surface area contributed by atoms with Crippen molar-refractivity contribution in [2.45, 2.75) is 58.0 Å². The molecule has 4 nitrogen and oxygen atoms in total. The number of nitrogens with zero attached hydrogens (tertiary/aromatic N) is 1. The molecule has 0 saturated carbocycles. The summed E-state index contributed by atoms with van der Waals surface area (Å²) < 4.78 is 0. The predicted octanol–water partition coefficient (Wildman–Crippen LogP) is 5.30. The van der Waals surface area contributed by atoms with Gasteiger partial charge in [0.1, 0.15) is 6.04 Å². The number of benzene rings is 2. The van der Waals surface area contributed by atoms with E-state index >= 15 is 0 Å². The quantitative estimate of drug-likeness (QED) is 0.509. The number of rotatable bonds is 11. The molecule has 0 spiro atoms. The van der Waals surface area contributed by atoms with E-state index in [-0.39, 0.29) is 17.9 Å². The van der Waals surface area contributed by atoms with Crippen LogP contribution in [0.2, 0.25) is 5.02 Å². The average Bonchev–Trinajstić information content (AvgIpc) is 2.75.